The van der Waals surface area contributed by atoms with Crippen molar-refractivity contribution in [1.29, 1.82) is 0 Å². The second-order valence-corrected chi connectivity index (χ2v) is 5.56. The van der Waals surface area contributed by atoms with Gasteiger partial charge in [0.15, 0.2) is 0 Å². The maximum atomic E-state index is 5.78. The van der Waals surface area contributed by atoms with Crippen molar-refractivity contribution >= 4 is 11.5 Å². The van der Waals surface area contributed by atoms with Crippen LogP contribution in [0.5, 0.6) is 0 Å². The molecule has 1 aliphatic rings. The lowest BCUT2D eigenvalue weighted by atomic mass is 9.98. The van der Waals surface area contributed by atoms with Crippen molar-refractivity contribution in [3.8, 4) is 0 Å². The molecule has 2 N–H and O–H groups in total. The van der Waals surface area contributed by atoms with Crippen molar-refractivity contribution in [3.63, 3.8) is 0 Å². The zero-order valence-corrected chi connectivity index (χ0v) is 12.7. The Morgan fingerprint density at radius 2 is 2.10 bits per heavy atom. The number of benzene rings is 1. The van der Waals surface area contributed by atoms with E-state index in [2.05, 4.69) is 52.1 Å². The smallest absolute Gasteiger partial charge is 0.136 e. The molecule has 3 rings (SSSR count). The molecule has 4 heteroatoms. The summed E-state index contributed by atoms with van der Waals surface area (Å²) in [6, 6.07) is 10.7. The predicted octanol–water partition coefficient (Wildman–Crippen LogP) is 2.93. The van der Waals surface area contributed by atoms with E-state index in [1.807, 2.05) is 6.92 Å². The number of aromatic nitrogens is 2. The number of nitrogens with zero attached hydrogens (tertiary/aromatic N) is 3. The molecule has 0 radical (unpaired) electrons. The summed E-state index contributed by atoms with van der Waals surface area (Å²) < 4.78 is 0. The lowest BCUT2D eigenvalue weighted by Gasteiger charge is -2.20. The van der Waals surface area contributed by atoms with E-state index >= 15 is 0 Å². The van der Waals surface area contributed by atoms with Crippen LogP contribution >= 0.6 is 0 Å². The summed E-state index contributed by atoms with van der Waals surface area (Å²) in [7, 11) is 0. The fourth-order valence-corrected chi connectivity index (χ4v) is 3.09. The van der Waals surface area contributed by atoms with E-state index in [1.54, 1.807) is 0 Å². The van der Waals surface area contributed by atoms with Crippen molar-refractivity contribution in [3.05, 3.63) is 47.4 Å². The fraction of sp³-hybridized carbons (Fsp3) is 0.412. The fourth-order valence-electron chi connectivity index (χ4n) is 3.09. The van der Waals surface area contributed by atoms with Crippen LogP contribution in [0.4, 0.5) is 11.5 Å². The van der Waals surface area contributed by atoms with E-state index in [4.69, 9.17) is 5.73 Å². The molecule has 110 valence electrons. The van der Waals surface area contributed by atoms with E-state index < -0.39 is 0 Å². The molecule has 1 unspecified atom stereocenters. The normalized spacial score (nSPS) is 17.1. The van der Waals surface area contributed by atoms with Gasteiger partial charge < -0.3 is 10.6 Å². The molecule has 0 bridgehead atoms. The minimum Gasteiger partial charge on any atom is -0.330 e. The molecule has 4 nitrogen and oxygen atoms in total. The highest BCUT2D eigenvalue weighted by atomic mass is 15.2. The molecule has 1 aromatic heterocycles. The summed E-state index contributed by atoms with van der Waals surface area (Å²) in [6.45, 7) is 5.76. The summed E-state index contributed by atoms with van der Waals surface area (Å²) in [4.78, 5) is 11.4. The Morgan fingerprint density at radius 1 is 1.29 bits per heavy atom. The number of fused-ring (bicyclic) bond motifs is 1. The Bertz CT molecular complexity index is 638. The molecule has 0 saturated heterocycles. The van der Waals surface area contributed by atoms with Gasteiger partial charge in [-0.15, -0.1) is 0 Å². The van der Waals surface area contributed by atoms with E-state index in [9.17, 15) is 0 Å². The monoisotopic (exact) mass is 282 g/mol. The second-order valence-electron chi connectivity index (χ2n) is 5.56. The minimum absolute atomic E-state index is 0.492. The molecule has 21 heavy (non-hydrogen) atoms. The van der Waals surface area contributed by atoms with Crippen LogP contribution < -0.4 is 10.6 Å². The van der Waals surface area contributed by atoms with Crippen molar-refractivity contribution < 1.29 is 0 Å². The van der Waals surface area contributed by atoms with Crippen LogP contribution in [0.15, 0.2) is 30.3 Å². The van der Waals surface area contributed by atoms with Crippen molar-refractivity contribution in [2.45, 2.75) is 32.6 Å². The number of aryl methyl sites for hydroxylation is 2. The number of nitrogens with two attached hydrogens (primary N) is 1. The van der Waals surface area contributed by atoms with Gasteiger partial charge in [0.25, 0.3) is 0 Å². The molecule has 0 aliphatic carbocycles. The van der Waals surface area contributed by atoms with Gasteiger partial charge in [-0.3, -0.25) is 0 Å². The Morgan fingerprint density at radius 3 is 2.86 bits per heavy atom. The second kappa shape index (κ2) is 5.82. The molecule has 0 saturated carbocycles. The van der Waals surface area contributed by atoms with Gasteiger partial charge in [-0.1, -0.05) is 25.1 Å². The number of anilines is 2. The summed E-state index contributed by atoms with van der Waals surface area (Å²) in [5.41, 5.74) is 9.52. The first-order valence-corrected chi connectivity index (χ1v) is 7.64. The van der Waals surface area contributed by atoms with Crippen LogP contribution in [-0.4, -0.2) is 23.1 Å². The zero-order chi connectivity index (χ0) is 14.8. The predicted molar refractivity (Wildman–Crippen MR) is 86.0 cm³/mol. The van der Waals surface area contributed by atoms with E-state index in [1.165, 1.54) is 11.3 Å². The highest BCUT2D eigenvalue weighted by molar-refractivity contribution is 5.69. The van der Waals surface area contributed by atoms with Crippen molar-refractivity contribution in [1.82, 2.24) is 9.97 Å². The summed E-state index contributed by atoms with van der Waals surface area (Å²) in [6.07, 6.45) is 1.94. The topological polar surface area (TPSA) is 55.0 Å². The zero-order valence-electron chi connectivity index (χ0n) is 12.7. The number of hydrogen-bond acceptors (Lipinski definition) is 4. The van der Waals surface area contributed by atoms with Crippen LogP contribution in [0.2, 0.25) is 0 Å². The lowest BCUT2D eigenvalue weighted by molar-refractivity contribution is 0.666. The number of hydrogen-bond donors (Lipinski definition) is 1. The third-order valence-corrected chi connectivity index (χ3v) is 4.10. The maximum absolute atomic E-state index is 5.78. The third-order valence-electron chi connectivity index (χ3n) is 4.10. The Labute approximate surface area is 126 Å². The SMILES string of the molecule is CCc1cc(N2CC(CCN)c3ccccc32)nc(C)n1. The van der Waals surface area contributed by atoms with Crippen LogP contribution in [0.3, 0.4) is 0 Å². The van der Waals surface area contributed by atoms with E-state index in [-0.39, 0.29) is 0 Å². The lowest BCUT2D eigenvalue weighted by Crippen LogP contribution is -2.19. The molecule has 1 aliphatic heterocycles. The van der Waals surface area contributed by atoms with Gasteiger partial charge in [0.2, 0.25) is 0 Å². The first-order chi connectivity index (χ1) is 10.2. The van der Waals surface area contributed by atoms with Crippen LogP contribution in [-0.2, 0) is 6.42 Å². The highest BCUT2D eigenvalue weighted by Crippen LogP contribution is 2.41. The van der Waals surface area contributed by atoms with Crippen LogP contribution in [0, 0.1) is 6.92 Å². The number of para-hydroxylation sites is 1. The van der Waals surface area contributed by atoms with E-state index in [0.29, 0.717) is 5.92 Å². The Balaban J connectivity index is 2.02. The summed E-state index contributed by atoms with van der Waals surface area (Å²) >= 11 is 0. The molecule has 1 aromatic carbocycles. The molecular formula is C17H22N4. The van der Waals surface area contributed by atoms with Crippen LogP contribution in [0.1, 0.15) is 36.3 Å². The molecule has 0 amide bonds. The molecule has 0 spiro atoms. The largest absolute Gasteiger partial charge is 0.330 e. The average molecular weight is 282 g/mol. The first-order valence-electron chi connectivity index (χ1n) is 7.64. The maximum Gasteiger partial charge on any atom is 0.136 e. The summed E-state index contributed by atoms with van der Waals surface area (Å²) in [5.74, 6) is 2.34. The van der Waals surface area contributed by atoms with Gasteiger partial charge in [-0.2, -0.15) is 0 Å². The quantitative estimate of drug-likeness (QED) is 0.936. The van der Waals surface area contributed by atoms with Gasteiger partial charge >= 0.3 is 0 Å². The van der Waals surface area contributed by atoms with E-state index in [0.717, 1.165) is 43.3 Å². The molecule has 0 fully saturated rings. The Hall–Kier alpha value is -1.94. The summed E-state index contributed by atoms with van der Waals surface area (Å²) in [5, 5.41) is 0. The molecule has 2 heterocycles. The minimum atomic E-state index is 0.492. The van der Waals surface area contributed by atoms with Gasteiger partial charge in [0, 0.05) is 29.9 Å². The third kappa shape index (κ3) is 2.63. The average Bonchev–Trinajstić information content (AvgIpc) is 2.86. The van der Waals surface area contributed by atoms with Gasteiger partial charge in [-0.05, 0) is 37.9 Å². The van der Waals surface area contributed by atoms with Gasteiger partial charge in [-0.25, -0.2) is 9.97 Å². The highest BCUT2D eigenvalue weighted by Gasteiger charge is 2.29. The number of rotatable bonds is 4. The van der Waals surface area contributed by atoms with Gasteiger partial charge in [0.05, 0.1) is 0 Å². The Kier molecular flexibility index (Phi) is 3.88. The van der Waals surface area contributed by atoms with Gasteiger partial charge in [0.1, 0.15) is 11.6 Å². The molecule has 1 atom stereocenters. The van der Waals surface area contributed by atoms with Crippen molar-refractivity contribution in [2.24, 2.45) is 5.73 Å². The van der Waals surface area contributed by atoms with Crippen LogP contribution in [0.25, 0.3) is 0 Å². The van der Waals surface area contributed by atoms with Crippen molar-refractivity contribution in [2.75, 3.05) is 18.0 Å². The standard InChI is InChI=1S/C17H22N4/c1-3-14-10-17(20-12(2)19-14)21-11-13(8-9-18)15-6-4-5-7-16(15)21/h4-7,10,13H,3,8-9,11,18H2,1-2H3. The molecular weight excluding hydrogens is 260 g/mol. The molecule has 2 aromatic rings. The first kappa shape index (κ1) is 14.0.